The molecule has 21 heavy (non-hydrogen) atoms. The molecule has 1 N–H and O–H groups in total. The first-order chi connectivity index (χ1) is 10.3. The van der Waals surface area contributed by atoms with E-state index in [-0.39, 0.29) is 0 Å². The Labute approximate surface area is 128 Å². The van der Waals surface area contributed by atoms with E-state index in [9.17, 15) is 0 Å². The molecule has 0 aromatic heterocycles. The Morgan fingerprint density at radius 3 is 2.48 bits per heavy atom. The van der Waals surface area contributed by atoms with Gasteiger partial charge < -0.3 is 5.32 Å². The monoisotopic (exact) mass is 279 g/mol. The third kappa shape index (κ3) is 3.74. The molecule has 1 saturated carbocycles. The third-order valence-corrected chi connectivity index (χ3v) is 4.23. The quantitative estimate of drug-likeness (QED) is 0.795. The molecule has 0 radical (unpaired) electrons. The van der Waals surface area contributed by atoms with Crippen LogP contribution in [0, 0.1) is 6.92 Å². The van der Waals surface area contributed by atoms with Gasteiger partial charge in [0.2, 0.25) is 0 Å². The number of rotatable bonds is 6. The van der Waals surface area contributed by atoms with E-state index in [1.54, 1.807) is 0 Å². The van der Waals surface area contributed by atoms with Gasteiger partial charge in [0.15, 0.2) is 0 Å². The summed E-state index contributed by atoms with van der Waals surface area (Å²) in [6.45, 7) is 5.39. The fourth-order valence-corrected chi connectivity index (χ4v) is 2.79. The third-order valence-electron chi connectivity index (χ3n) is 4.23. The highest BCUT2D eigenvalue weighted by atomic mass is 14.9. The van der Waals surface area contributed by atoms with E-state index in [0.717, 1.165) is 12.6 Å². The fraction of sp³-hybridized carbons (Fsp3) is 0.400. The van der Waals surface area contributed by atoms with Crippen molar-refractivity contribution in [2.24, 2.45) is 0 Å². The summed E-state index contributed by atoms with van der Waals surface area (Å²) in [5, 5.41) is 3.63. The van der Waals surface area contributed by atoms with Crippen molar-refractivity contribution in [2.45, 2.75) is 52.1 Å². The Kier molecular flexibility index (Phi) is 4.40. The van der Waals surface area contributed by atoms with Crippen molar-refractivity contribution < 1.29 is 0 Å². The fourth-order valence-electron chi connectivity index (χ4n) is 2.79. The lowest BCUT2D eigenvalue weighted by molar-refractivity contribution is 0.688. The van der Waals surface area contributed by atoms with E-state index in [1.807, 2.05) is 0 Å². The van der Waals surface area contributed by atoms with Crippen LogP contribution < -0.4 is 5.32 Å². The van der Waals surface area contributed by atoms with Gasteiger partial charge in [-0.2, -0.15) is 0 Å². The molecule has 2 aromatic rings. The van der Waals surface area contributed by atoms with Gasteiger partial charge in [-0.25, -0.2) is 0 Å². The summed E-state index contributed by atoms with van der Waals surface area (Å²) in [7, 11) is 0. The number of hydrogen-bond acceptors (Lipinski definition) is 1. The number of nitrogens with one attached hydrogen (secondary N) is 1. The van der Waals surface area contributed by atoms with Crippen LogP contribution in [0.3, 0.4) is 0 Å². The first kappa shape index (κ1) is 14.3. The van der Waals surface area contributed by atoms with E-state index >= 15 is 0 Å². The van der Waals surface area contributed by atoms with Crippen LogP contribution in [0.25, 0.3) is 11.1 Å². The highest BCUT2D eigenvalue weighted by molar-refractivity contribution is 5.68. The molecule has 2 aromatic carbocycles. The zero-order valence-electron chi connectivity index (χ0n) is 13.2. The van der Waals surface area contributed by atoms with Crippen LogP contribution in [0.4, 0.5) is 0 Å². The van der Waals surface area contributed by atoms with Crippen molar-refractivity contribution >= 4 is 0 Å². The maximum absolute atomic E-state index is 3.63. The second-order valence-corrected chi connectivity index (χ2v) is 6.26. The zero-order valence-corrected chi connectivity index (χ0v) is 13.2. The molecule has 1 nitrogen and oxygen atoms in total. The summed E-state index contributed by atoms with van der Waals surface area (Å²) < 4.78 is 0. The number of hydrogen-bond donors (Lipinski definition) is 1. The van der Waals surface area contributed by atoms with Crippen LogP contribution in [0.1, 0.15) is 42.9 Å². The Morgan fingerprint density at radius 2 is 1.81 bits per heavy atom. The lowest BCUT2D eigenvalue weighted by atomic mass is 9.96. The average Bonchev–Trinajstić information content (AvgIpc) is 3.31. The van der Waals surface area contributed by atoms with Gasteiger partial charge in [0.25, 0.3) is 0 Å². The molecule has 0 amide bonds. The number of aryl methyl sites for hydroxylation is 2. The summed E-state index contributed by atoms with van der Waals surface area (Å²) in [4.78, 5) is 0. The van der Waals surface area contributed by atoms with Crippen LogP contribution in [0.5, 0.6) is 0 Å². The smallest absolute Gasteiger partial charge is 0.0214 e. The second-order valence-electron chi connectivity index (χ2n) is 6.26. The molecule has 1 aliphatic carbocycles. The zero-order chi connectivity index (χ0) is 14.7. The topological polar surface area (TPSA) is 12.0 Å². The van der Waals surface area contributed by atoms with Gasteiger partial charge in [0.1, 0.15) is 0 Å². The summed E-state index contributed by atoms with van der Waals surface area (Å²) >= 11 is 0. The molecule has 110 valence electrons. The van der Waals surface area contributed by atoms with Gasteiger partial charge >= 0.3 is 0 Å². The van der Waals surface area contributed by atoms with Crippen molar-refractivity contribution in [3.63, 3.8) is 0 Å². The van der Waals surface area contributed by atoms with Crippen molar-refractivity contribution in [2.75, 3.05) is 0 Å². The molecule has 0 atom stereocenters. The van der Waals surface area contributed by atoms with E-state index in [1.165, 1.54) is 53.5 Å². The summed E-state index contributed by atoms with van der Waals surface area (Å²) in [6, 6.07) is 16.7. The van der Waals surface area contributed by atoms with Crippen LogP contribution in [-0.2, 0) is 13.0 Å². The predicted octanol–water partition coefficient (Wildman–Crippen LogP) is 4.87. The molecule has 0 saturated heterocycles. The Bertz CT molecular complexity index is 594. The summed E-state index contributed by atoms with van der Waals surface area (Å²) in [5.74, 6) is 0. The standard InChI is InChI=1S/C20H25N/c1-3-4-16-6-9-17(10-7-16)20-13-15(2)5-8-18(20)14-21-19-11-12-19/h5-10,13,19,21H,3-4,11-12,14H2,1-2H3. The Balaban J connectivity index is 1.85. The minimum atomic E-state index is 0.756. The minimum absolute atomic E-state index is 0.756. The molecule has 0 bridgehead atoms. The molecule has 0 spiro atoms. The van der Waals surface area contributed by atoms with Crippen LogP contribution in [0.15, 0.2) is 42.5 Å². The van der Waals surface area contributed by atoms with Crippen molar-refractivity contribution in [1.82, 2.24) is 5.32 Å². The van der Waals surface area contributed by atoms with E-state index < -0.39 is 0 Å². The molecular formula is C20H25N. The lowest BCUT2D eigenvalue weighted by Crippen LogP contribution is -2.15. The van der Waals surface area contributed by atoms with Crippen molar-refractivity contribution in [3.05, 3.63) is 59.2 Å². The highest BCUT2D eigenvalue weighted by Crippen LogP contribution is 2.27. The van der Waals surface area contributed by atoms with E-state index in [4.69, 9.17) is 0 Å². The molecule has 0 aliphatic heterocycles. The molecule has 0 heterocycles. The first-order valence-corrected chi connectivity index (χ1v) is 8.18. The van der Waals surface area contributed by atoms with Crippen molar-refractivity contribution in [1.29, 1.82) is 0 Å². The maximum Gasteiger partial charge on any atom is 0.0214 e. The second kappa shape index (κ2) is 6.44. The van der Waals surface area contributed by atoms with Gasteiger partial charge in [-0.1, -0.05) is 61.4 Å². The van der Waals surface area contributed by atoms with Crippen LogP contribution in [-0.4, -0.2) is 6.04 Å². The van der Waals surface area contributed by atoms with Gasteiger partial charge in [0.05, 0.1) is 0 Å². The van der Waals surface area contributed by atoms with Crippen LogP contribution in [0.2, 0.25) is 0 Å². The minimum Gasteiger partial charge on any atom is -0.310 e. The van der Waals surface area contributed by atoms with E-state index in [2.05, 4.69) is 61.6 Å². The van der Waals surface area contributed by atoms with E-state index in [0.29, 0.717) is 0 Å². The van der Waals surface area contributed by atoms with Gasteiger partial charge in [-0.05, 0) is 48.4 Å². The molecule has 0 unspecified atom stereocenters. The summed E-state index contributed by atoms with van der Waals surface area (Å²) in [6.07, 6.45) is 5.06. The largest absolute Gasteiger partial charge is 0.310 e. The van der Waals surface area contributed by atoms with Crippen molar-refractivity contribution in [3.8, 4) is 11.1 Å². The normalized spacial score (nSPS) is 14.4. The Hall–Kier alpha value is -1.60. The molecular weight excluding hydrogens is 254 g/mol. The Morgan fingerprint density at radius 1 is 1.05 bits per heavy atom. The SMILES string of the molecule is CCCc1ccc(-c2cc(C)ccc2CNC2CC2)cc1. The first-order valence-electron chi connectivity index (χ1n) is 8.18. The number of benzene rings is 2. The predicted molar refractivity (Wildman–Crippen MR) is 90.5 cm³/mol. The molecule has 3 rings (SSSR count). The highest BCUT2D eigenvalue weighted by Gasteiger charge is 2.20. The summed E-state index contributed by atoms with van der Waals surface area (Å²) in [5.41, 5.74) is 6.90. The molecule has 1 aliphatic rings. The average molecular weight is 279 g/mol. The maximum atomic E-state index is 3.63. The van der Waals surface area contributed by atoms with Gasteiger partial charge in [-0.3, -0.25) is 0 Å². The van der Waals surface area contributed by atoms with Crippen LogP contribution >= 0.6 is 0 Å². The van der Waals surface area contributed by atoms with Gasteiger partial charge in [0, 0.05) is 12.6 Å². The lowest BCUT2D eigenvalue weighted by Gasteiger charge is -2.12. The van der Waals surface area contributed by atoms with Gasteiger partial charge in [-0.15, -0.1) is 0 Å². The molecule has 1 heteroatoms. The molecule has 1 fully saturated rings.